The number of rotatable bonds is 11. The van der Waals surface area contributed by atoms with Gasteiger partial charge in [-0.05, 0) is 57.0 Å². The summed E-state index contributed by atoms with van der Waals surface area (Å²) in [4.78, 5) is 28.4. The van der Waals surface area contributed by atoms with E-state index in [9.17, 15) is 18.0 Å². The molecule has 7 nitrogen and oxygen atoms in total. The Morgan fingerprint density at radius 1 is 0.865 bits per heavy atom. The Morgan fingerprint density at radius 2 is 1.54 bits per heavy atom. The molecule has 37 heavy (non-hydrogen) atoms. The minimum atomic E-state index is -4.06. The lowest BCUT2D eigenvalue weighted by Gasteiger charge is -2.33. The molecule has 0 spiro atoms. The number of carbonyl (C=O) groups is 2. The van der Waals surface area contributed by atoms with Crippen LogP contribution < -0.4 is 9.62 Å². The first-order valence-corrected chi connectivity index (χ1v) is 13.9. The molecule has 1 atom stereocenters. The Balaban J connectivity index is 2.03. The van der Waals surface area contributed by atoms with Gasteiger partial charge in [0, 0.05) is 13.1 Å². The van der Waals surface area contributed by atoms with Crippen LogP contribution >= 0.6 is 0 Å². The number of para-hydroxylation sites is 1. The number of anilines is 1. The average Bonchev–Trinajstić information content (AvgIpc) is 2.88. The van der Waals surface area contributed by atoms with E-state index in [2.05, 4.69) is 5.32 Å². The van der Waals surface area contributed by atoms with Crippen molar-refractivity contribution in [1.29, 1.82) is 0 Å². The van der Waals surface area contributed by atoms with E-state index in [0.717, 1.165) is 21.0 Å². The van der Waals surface area contributed by atoms with Gasteiger partial charge in [0.05, 0.1) is 10.6 Å². The van der Waals surface area contributed by atoms with Crippen molar-refractivity contribution >= 4 is 27.5 Å². The third-order valence-corrected chi connectivity index (χ3v) is 7.89. The van der Waals surface area contributed by atoms with Crippen LogP contribution in [0.2, 0.25) is 0 Å². The Bertz CT molecular complexity index is 1310. The number of nitrogens with one attached hydrogen (secondary N) is 1. The summed E-state index contributed by atoms with van der Waals surface area (Å²) in [6.45, 7) is 7.68. The molecule has 0 radical (unpaired) electrons. The monoisotopic (exact) mass is 521 g/mol. The zero-order valence-corrected chi connectivity index (χ0v) is 22.7. The van der Waals surface area contributed by atoms with Crippen molar-refractivity contribution in [1.82, 2.24) is 10.2 Å². The maximum Gasteiger partial charge on any atom is 0.264 e. The smallest absolute Gasteiger partial charge is 0.264 e. The lowest BCUT2D eigenvalue weighted by molar-refractivity contribution is -0.140. The fourth-order valence-corrected chi connectivity index (χ4v) is 5.59. The van der Waals surface area contributed by atoms with Crippen molar-refractivity contribution in [2.45, 2.75) is 51.6 Å². The van der Waals surface area contributed by atoms with Crippen LogP contribution in [0.3, 0.4) is 0 Å². The molecule has 0 saturated carbocycles. The molecule has 2 amide bonds. The van der Waals surface area contributed by atoms with Crippen molar-refractivity contribution in [3.8, 4) is 0 Å². The van der Waals surface area contributed by atoms with Crippen LogP contribution in [0.1, 0.15) is 37.0 Å². The maximum absolute atomic E-state index is 13.9. The minimum Gasteiger partial charge on any atom is -0.355 e. The van der Waals surface area contributed by atoms with Gasteiger partial charge >= 0.3 is 0 Å². The van der Waals surface area contributed by atoms with Gasteiger partial charge in [0.25, 0.3) is 10.0 Å². The van der Waals surface area contributed by atoms with Crippen LogP contribution in [0.4, 0.5) is 5.69 Å². The minimum absolute atomic E-state index is 0.0933. The van der Waals surface area contributed by atoms with Crippen LogP contribution in [-0.4, -0.2) is 44.3 Å². The number of hydrogen-bond donors (Lipinski definition) is 1. The first-order chi connectivity index (χ1) is 17.7. The second kappa shape index (κ2) is 12.5. The molecule has 3 aromatic carbocycles. The van der Waals surface area contributed by atoms with E-state index in [1.54, 1.807) is 54.6 Å². The molecule has 0 saturated heterocycles. The summed E-state index contributed by atoms with van der Waals surface area (Å²) < 4.78 is 28.6. The molecule has 0 aromatic heterocycles. The molecular weight excluding hydrogens is 486 g/mol. The van der Waals surface area contributed by atoms with Gasteiger partial charge in [0.15, 0.2) is 0 Å². The predicted octanol–water partition coefficient (Wildman–Crippen LogP) is 4.44. The molecule has 0 bridgehead atoms. The Kier molecular flexibility index (Phi) is 9.47. The number of sulfonamides is 1. The summed E-state index contributed by atoms with van der Waals surface area (Å²) >= 11 is 0. The largest absolute Gasteiger partial charge is 0.355 e. The first-order valence-electron chi connectivity index (χ1n) is 12.4. The fourth-order valence-electron chi connectivity index (χ4n) is 4.18. The first kappa shape index (κ1) is 27.9. The molecule has 3 rings (SSSR count). The molecule has 0 heterocycles. The number of aryl methyl sites for hydroxylation is 2. The van der Waals surface area contributed by atoms with E-state index in [0.29, 0.717) is 18.7 Å². The van der Waals surface area contributed by atoms with E-state index in [1.165, 1.54) is 4.90 Å². The number of hydrogen-bond acceptors (Lipinski definition) is 4. The predicted molar refractivity (Wildman–Crippen MR) is 147 cm³/mol. The van der Waals surface area contributed by atoms with Crippen molar-refractivity contribution < 1.29 is 18.0 Å². The van der Waals surface area contributed by atoms with Gasteiger partial charge in [-0.15, -0.1) is 0 Å². The summed E-state index contributed by atoms with van der Waals surface area (Å²) in [5, 5.41) is 2.81. The molecule has 3 aromatic rings. The van der Waals surface area contributed by atoms with Gasteiger partial charge in [-0.25, -0.2) is 8.42 Å². The fraction of sp³-hybridized carbons (Fsp3) is 0.310. The SMILES string of the molecule is CCNC(=O)[C@@H](CC)N(Cc1cccc(C)c1)C(=O)CN(c1ccccc1)S(=O)(=O)c1ccc(C)cc1. The molecule has 196 valence electrons. The number of likely N-dealkylation sites (N-methyl/N-ethyl adjacent to an activating group) is 1. The lowest BCUT2D eigenvalue weighted by atomic mass is 10.1. The van der Waals surface area contributed by atoms with E-state index < -0.39 is 28.5 Å². The molecule has 0 aliphatic heterocycles. The van der Waals surface area contributed by atoms with Crippen LogP contribution in [0.5, 0.6) is 0 Å². The van der Waals surface area contributed by atoms with Crippen LogP contribution in [0, 0.1) is 13.8 Å². The molecule has 0 aliphatic rings. The average molecular weight is 522 g/mol. The molecule has 0 unspecified atom stereocenters. The summed E-state index contributed by atoms with van der Waals surface area (Å²) in [6.07, 6.45) is 0.388. The number of amides is 2. The Morgan fingerprint density at radius 3 is 2.14 bits per heavy atom. The van der Waals surface area contributed by atoms with E-state index in [4.69, 9.17) is 0 Å². The van der Waals surface area contributed by atoms with Gasteiger partial charge in [0.2, 0.25) is 11.8 Å². The summed E-state index contributed by atoms with van der Waals surface area (Å²) in [7, 11) is -4.06. The van der Waals surface area contributed by atoms with E-state index in [1.807, 2.05) is 52.0 Å². The highest BCUT2D eigenvalue weighted by atomic mass is 32.2. The summed E-state index contributed by atoms with van der Waals surface area (Å²) in [5.74, 6) is -0.724. The second-order valence-electron chi connectivity index (χ2n) is 8.99. The Labute approximate surface area is 220 Å². The van der Waals surface area contributed by atoms with Crippen LogP contribution in [-0.2, 0) is 26.2 Å². The van der Waals surface area contributed by atoms with Gasteiger partial charge in [-0.1, -0.05) is 72.6 Å². The normalized spacial score (nSPS) is 12.0. The molecule has 1 N–H and O–H groups in total. The highest BCUT2D eigenvalue weighted by Crippen LogP contribution is 2.25. The van der Waals surface area contributed by atoms with E-state index in [-0.39, 0.29) is 17.3 Å². The topological polar surface area (TPSA) is 86.8 Å². The Hall–Kier alpha value is -3.65. The van der Waals surface area contributed by atoms with Crippen molar-refractivity contribution in [3.63, 3.8) is 0 Å². The third-order valence-electron chi connectivity index (χ3n) is 6.10. The molecule has 8 heteroatoms. The standard InChI is InChI=1S/C29H35N3O4S/c1-5-27(29(34)30-6-2)31(20-24-12-10-11-23(4)19-24)28(33)21-32(25-13-8-7-9-14-25)37(35,36)26-17-15-22(3)16-18-26/h7-19,27H,5-6,20-21H2,1-4H3,(H,30,34)/t27-/m1/s1. The third kappa shape index (κ3) is 6.98. The zero-order chi connectivity index (χ0) is 27.0. The van der Waals surface area contributed by atoms with Gasteiger partial charge < -0.3 is 10.2 Å². The van der Waals surface area contributed by atoms with Gasteiger partial charge in [-0.2, -0.15) is 0 Å². The van der Waals surface area contributed by atoms with Crippen molar-refractivity contribution in [2.24, 2.45) is 0 Å². The second-order valence-corrected chi connectivity index (χ2v) is 10.9. The van der Waals surface area contributed by atoms with Crippen LogP contribution in [0.15, 0.2) is 83.8 Å². The lowest BCUT2D eigenvalue weighted by Crippen LogP contribution is -2.52. The molecule has 0 fully saturated rings. The zero-order valence-electron chi connectivity index (χ0n) is 21.8. The number of nitrogens with zero attached hydrogens (tertiary/aromatic N) is 2. The quantitative estimate of drug-likeness (QED) is 0.404. The summed E-state index contributed by atoms with van der Waals surface area (Å²) in [5.41, 5.74) is 3.20. The molecular formula is C29H35N3O4S. The van der Waals surface area contributed by atoms with Crippen LogP contribution in [0.25, 0.3) is 0 Å². The molecule has 0 aliphatic carbocycles. The van der Waals surface area contributed by atoms with Gasteiger partial charge in [0.1, 0.15) is 12.6 Å². The number of carbonyl (C=O) groups excluding carboxylic acids is 2. The highest BCUT2D eigenvalue weighted by molar-refractivity contribution is 7.92. The highest BCUT2D eigenvalue weighted by Gasteiger charge is 2.33. The van der Waals surface area contributed by atoms with E-state index >= 15 is 0 Å². The van der Waals surface area contributed by atoms with Crippen molar-refractivity contribution in [3.05, 3.63) is 95.6 Å². The number of benzene rings is 3. The van der Waals surface area contributed by atoms with Crippen molar-refractivity contribution in [2.75, 3.05) is 17.4 Å². The van der Waals surface area contributed by atoms with Gasteiger partial charge in [-0.3, -0.25) is 13.9 Å². The maximum atomic E-state index is 13.9. The summed E-state index contributed by atoms with van der Waals surface area (Å²) in [6, 6.07) is 22.1.